The minimum Gasteiger partial charge on any atom is -0.487 e. The van der Waals surface area contributed by atoms with Gasteiger partial charge in [-0.2, -0.15) is 0 Å². The highest BCUT2D eigenvalue weighted by molar-refractivity contribution is 5.72. The van der Waals surface area contributed by atoms with Crippen LogP contribution in [0.3, 0.4) is 0 Å². The van der Waals surface area contributed by atoms with E-state index in [-0.39, 0.29) is 11.6 Å². The summed E-state index contributed by atoms with van der Waals surface area (Å²) < 4.78 is 12.2. The molecule has 0 radical (unpaired) electrons. The van der Waals surface area contributed by atoms with E-state index >= 15 is 0 Å². The molecule has 1 aliphatic rings. The highest BCUT2D eigenvalue weighted by atomic mass is 16.5. The van der Waals surface area contributed by atoms with Gasteiger partial charge in [-0.3, -0.25) is 4.79 Å². The predicted octanol–water partition coefficient (Wildman–Crippen LogP) is 9.06. The number of ether oxygens (including phenoxy) is 2. The standard InChI is InChI=1S/C31H52O3/c1-21(2)13-10-14-22(3)15-11-16-23(4)17-12-19-31(9)20-18-28-26(7)29(33-27(8)32)24(5)25(6)30(28)34-31/h21-23H,10-20H2,1-9H3/t22-,23-,31-/m0/s1. The molecule has 0 unspecified atom stereocenters. The van der Waals surface area contributed by atoms with Crippen molar-refractivity contribution in [2.24, 2.45) is 17.8 Å². The maximum Gasteiger partial charge on any atom is 0.308 e. The lowest BCUT2D eigenvalue weighted by Gasteiger charge is -2.38. The van der Waals surface area contributed by atoms with Crippen LogP contribution in [0.2, 0.25) is 0 Å². The summed E-state index contributed by atoms with van der Waals surface area (Å²) in [6.07, 6.45) is 13.9. The maximum absolute atomic E-state index is 11.6. The molecular weight excluding hydrogens is 420 g/mol. The van der Waals surface area contributed by atoms with E-state index in [4.69, 9.17) is 9.47 Å². The van der Waals surface area contributed by atoms with Gasteiger partial charge in [0.05, 0.1) is 0 Å². The van der Waals surface area contributed by atoms with Crippen LogP contribution in [0.1, 0.15) is 128 Å². The van der Waals surface area contributed by atoms with Crippen LogP contribution in [0.5, 0.6) is 11.5 Å². The molecule has 2 rings (SSSR count). The molecule has 34 heavy (non-hydrogen) atoms. The van der Waals surface area contributed by atoms with Gasteiger partial charge in [0, 0.05) is 12.5 Å². The van der Waals surface area contributed by atoms with Crippen molar-refractivity contribution < 1.29 is 14.3 Å². The summed E-state index contributed by atoms with van der Waals surface area (Å²) in [5.74, 6) is 3.99. The molecule has 1 aliphatic heterocycles. The Bertz CT molecular complexity index is 810. The molecule has 0 N–H and O–H groups in total. The first-order chi connectivity index (χ1) is 15.9. The van der Waals surface area contributed by atoms with Crippen LogP contribution in [-0.4, -0.2) is 11.6 Å². The zero-order chi connectivity index (χ0) is 25.5. The summed E-state index contributed by atoms with van der Waals surface area (Å²) in [5.41, 5.74) is 4.29. The summed E-state index contributed by atoms with van der Waals surface area (Å²) in [4.78, 5) is 11.6. The Morgan fingerprint density at radius 2 is 1.44 bits per heavy atom. The summed E-state index contributed by atoms with van der Waals surface area (Å²) in [6.45, 7) is 19.5. The molecular formula is C31H52O3. The van der Waals surface area contributed by atoms with E-state index in [0.717, 1.165) is 65.2 Å². The highest BCUT2D eigenvalue weighted by Crippen LogP contribution is 2.45. The van der Waals surface area contributed by atoms with E-state index in [9.17, 15) is 4.79 Å². The normalized spacial score (nSPS) is 19.5. The average molecular weight is 473 g/mol. The van der Waals surface area contributed by atoms with E-state index < -0.39 is 0 Å². The molecule has 1 aromatic rings. The quantitative estimate of drug-likeness (QED) is 0.212. The fraction of sp³-hybridized carbons (Fsp3) is 0.774. The van der Waals surface area contributed by atoms with Crippen LogP contribution >= 0.6 is 0 Å². The van der Waals surface area contributed by atoms with E-state index in [1.54, 1.807) is 0 Å². The van der Waals surface area contributed by atoms with Gasteiger partial charge in [0.25, 0.3) is 0 Å². The van der Waals surface area contributed by atoms with Gasteiger partial charge < -0.3 is 9.47 Å². The van der Waals surface area contributed by atoms with Crippen molar-refractivity contribution in [3.63, 3.8) is 0 Å². The molecule has 1 aromatic carbocycles. The Labute approximate surface area is 210 Å². The molecule has 0 fully saturated rings. The van der Waals surface area contributed by atoms with Crippen molar-refractivity contribution in [1.82, 2.24) is 0 Å². The summed E-state index contributed by atoms with van der Waals surface area (Å²) >= 11 is 0. The zero-order valence-electron chi connectivity index (χ0n) is 23.7. The van der Waals surface area contributed by atoms with Crippen LogP contribution in [0.4, 0.5) is 0 Å². The van der Waals surface area contributed by atoms with Crippen molar-refractivity contribution in [3.8, 4) is 11.5 Å². The lowest BCUT2D eigenvalue weighted by molar-refractivity contribution is -0.132. The Morgan fingerprint density at radius 1 is 0.882 bits per heavy atom. The lowest BCUT2D eigenvalue weighted by atomic mass is 9.83. The monoisotopic (exact) mass is 472 g/mol. The van der Waals surface area contributed by atoms with Gasteiger partial charge in [-0.15, -0.1) is 0 Å². The third kappa shape index (κ3) is 8.31. The van der Waals surface area contributed by atoms with Crippen LogP contribution < -0.4 is 9.47 Å². The molecule has 0 spiro atoms. The summed E-state index contributed by atoms with van der Waals surface area (Å²) in [7, 11) is 0. The topological polar surface area (TPSA) is 35.5 Å². The second kappa shape index (κ2) is 13.0. The molecule has 0 amide bonds. The number of carbonyl (C=O) groups is 1. The Balaban J connectivity index is 1.82. The van der Waals surface area contributed by atoms with Crippen LogP contribution in [0.15, 0.2) is 0 Å². The fourth-order valence-corrected chi connectivity index (χ4v) is 5.56. The van der Waals surface area contributed by atoms with Crippen LogP contribution in [0.25, 0.3) is 0 Å². The van der Waals surface area contributed by atoms with Crippen molar-refractivity contribution in [3.05, 3.63) is 22.3 Å². The van der Waals surface area contributed by atoms with Crippen molar-refractivity contribution in [2.75, 3.05) is 0 Å². The Hall–Kier alpha value is -1.51. The first-order valence-corrected chi connectivity index (χ1v) is 13.9. The molecule has 194 valence electrons. The predicted molar refractivity (Wildman–Crippen MR) is 144 cm³/mol. The first-order valence-electron chi connectivity index (χ1n) is 13.9. The number of fused-ring (bicyclic) bond motifs is 1. The SMILES string of the molecule is CC(=O)Oc1c(C)c(C)c2c(c1C)CC[C@](C)(CCC[C@@H](C)CCC[C@@H](C)CCCC(C)C)O2. The molecule has 0 aromatic heterocycles. The maximum atomic E-state index is 11.6. The zero-order valence-corrected chi connectivity index (χ0v) is 23.7. The number of rotatable bonds is 13. The van der Waals surface area contributed by atoms with Crippen LogP contribution in [0, 0.1) is 38.5 Å². The molecule has 3 heteroatoms. The third-order valence-electron chi connectivity index (χ3n) is 8.08. The van der Waals surface area contributed by atoms with Crippen LogP contribution in [-0.2, 0) is 11.2 Å². The number of benzene rings is 1. The van der Waals surface area contributed by atoms with E-state index in [1.165, 1.54) is 63.9 Å². The second-order valence-electron chi connectivity index (χ2n) is 12.0. The Morgan fingerprint density at radius 3 is 2.00 bits per heavy atom. The second-order valence-corrected chi connectivity index (χ2v) is 12.0. The molecule has 0 saturated heterocycles. The van der Waals surface area contributed by atoms with E-state index in [0.29, 0.717) is 0 Å². The first kappa shape index (κ1) is 28.7. The van der Waals surface area contributed by atoms with E-state index in [1.807, 2.05) is 6.92 Å². The number of esters is 1. The minimum absolute atomic E-state index is 0.107. The fourth-order valence-electron chi connectivity index (χ4n) is 5.56. The Kier molecular flexibility index (Phi) is 11.0. The number of hydrogen-bond acceptors (Lipinski definition) is 3. The highest BCUT2D eigenvalue weighted by Gasteiger charge is 2.34. The van der Waals surface area contributed by atoms with Crippen molar-refractivity contribution in [2.45, 2.75) is 139 Å². The summed E-state index contributed by atoms with van der Waals surface area (Å²) in [5, 5.41) is 0. The van der Waals surface area contributed by atoms with Gasteiger partial charge in [0.2, 0.25) is 0 Å². The van der Waals surface area contributed by atoms with Crippen molar-refractivity contribution >= 4 is 5.97 Å². The molecule has 3 atom stereocenters. The molecule has 1 heterocycles. The molecule has 0 bridgehead atoms. The number of hydrogen-bond donors (Lipinski definition) is 0. The van der Waals surface area contributed by atoms with Gasteiger partial charge in [0.1, 0.15) is 17.1 Å². The van der Waals surface area contributed by atoms with Gasteiger partial charge in [-0.05, 0) is 87.8 Å². The number of carbonyl (C=O) groups excluding carboxylic acids is 1. The van der Waals surface area contributed by atoms with E-state index in [2.05, 4.69) is 48.5 Å². The molecule has 0 saturated carbocycles. The van der Waals surface area contributed by atoms with Gasteiger partial charge in [-0.25, -0.2) is 0 Å². The van der Waals surface area contributed by atoms with Gasteiger partial charge in [-0.1, -0.05) is 72.6 Å². The average Bonchev–Trinajstić information content (AvgIpc) is 2.74. The van der Waals surface area contributed by atoms with Gasteiger partial charge >= 0.3 is 5.97 Å². The largest absolute Gasteiger partial charge is 0.487 e. The summed E-state index contributed by atoms with van der Waals surface area (Å²) in [6, 6.07) is 0. The molecule has 3 nitrogen and oxygen atoms in total. The smallest absolute Gasteiger partial charge is 0.308 e. The molecule has 0 aliphatic carbocycles. The minimum atomic E-state index is -0.262. The van der Waals surface area contributed by atoms with Crippen molar-refractivity contribution in [1.29, 1.82) is 0 Å². The lowest BCUT2D eigenvalue weighted by Crippen LogP contribution is -2.37. The van der Waals surface area contributed by atoms with Gasteiger partial charge in [0.15, 0.2) is 0 Å². The third-order valence-corrected chi connectivity index (χ3v) is 8.08.